The second-order valence-electron chi connectivity index (χ2n) is 4.44. The van der Waals surface area contributed by atoms with Gasteiger partial charge in [-0.05, 0) is 44.1 Å². The fourth-order valence-corrected chi connectivity index (χ4v) is 5.51. The lowest BCUT2D eigenvalue weighted by atomic mass is 10.3. The van der Waals surface area contributed by atoms with Gasteiger partial charge in [-0.2, -0.15) is 11.8 Å². The quantitative estimate of drug-likeness (QED) is 0.561. The first kappa shape index (κ1) is 12.4. The van der Waals surface area contributed by atoms with E-state index in [0.717, 1.165) is 12.2 Å². The monoisotopic (exact) mass is 258 g/mol. The second-order valence-corrected chi connectivity index (χ2v) is 7.13. The number of fused-ring (bicyclic) bond motifs is 1. The number of thioether (sulfide) groups is 2. The highest BCUT2D eigenvalue weighted by molar-refractivity contribution is 8.04. The lowest BCUT2D eigenvalue weighted by molar-refractivity contribution is -0.145. The molecule has 1 saturated carbocycles. The Morgan fingerprint density at radius 3 is 3.00 bits per heavy atom. The molecule has 2 nitrogen and oxygen atoms in total. The summed E-state index contributed by atoms with van der Waals surface area (Å²) >= 11 is 3.82. The first-order valence-electron chi connectivity index (χ1n) is 5.78. The van der Waals surface area contributed by atoms with Crippen molar-refractivity contribution in [3.05, 3.63) is 12.2 Å². The smallest absolute Gasteiger partial charge is 0.334 e. The number of carbonyl (C=O) groups excluding carboxylic acids is 1. The molecule has 1 aliphatic heterocycles. The topological polar surface area (TPSA) is 26.3 Å². The zero-order valence-electron chi connectivity index (χ0n) is 9.66. The molecule has 2 rings (SSSR count). The summed E-state index contributed by atoms with van der Waals surface area (Å²) in [5.41, 5.74) is 0.509. The first-order valence-corrected chi connectivity index (χ1v) is 7.82. The summed E-state index contributed by atoms with van der Waals surface area (Å²) in [7, 11) is 0. The Morgan fingerprint density at radius 1 is 1.44 bits per heavy atom. The van der Waals surface area contributed by atoms with Gasteiger partial charge < -0.3 is 4.74 Å². The van der Waals surface area contributed by atoms with Crippen LogP contribution in [-0.2, 0) is 9.53 Å². The highest BCUT2D eigenvalue weighted by atomic mass is 32.2. The lowest BCUT2D eigenvalue weighted by Crippen LogP contribution is -2.37. The maximum atomic E-state index is 11.7. The van der Waals surface area contributed by atoms with E-state index in [0.29, 0.717) is 10.8 Å². The molecule has 2 atom stereocenters. The van der Waals surface area contributed by atoms with E-state index in [1.807, 2.05) is 23.5 Å². The molecule has 2 fully saturated rings. The molecule has 4 heteroatoms. The van der Waals surface area contributed by atoms with Gasteiger partial charge in [-0.3, -0.25) is 0 Å². The largest absolute Gasteiger partial charge is 0.443 e. The molecule has 16 heavy (non-hydrogen) atoms. The Kier molecular flexibility index (Phi) is 3.90. The third-order valence-corrected chi connectivity index (χ3v) is 6.30. The van der Waals surface area contributed by atoms with Gasteiger partial charge in [0.15, 0.2) is 4.93 Å². The number of hydrogen-bond donors (Lipinski definition) is 0. The molecular formula is C12H18O2S2. The predicted octanol–water partition coefficient (Wildman–Crippen LogP) is 3.22. The summed E-state index contributed by atoms with van der Waals surface area (Å²) in [5.74, 6) is 2.08. The molecule has 0 spiro atoms. The summed E-state index contributed by atoms with van der Waals surface area (Å²) in [6, 6.07) is 0. The summed E-state index contributed by atoms with van der Waals surface area (Å²) in [4.78, 5) is 11.5. The number of ether oxygens (including phenoxy) is 1. The Hall–Kier alpha value is -0.0900. The first-order chi connectivity index (χ1) is 7.64. The molecule has 90 valence electrons. The van der Waals surface area contributed by atoms with E-state index < -0.39 is 0 Å². The molecule has 0 N–H and O–H groups in total. The highest BCUT2D eigenvalue weighted by Crippen LogP contribution is 2.50. The third-order valence-electron chi connectivity index (χ3n) is 3.05. The molecule has 1 saturated heterocycles. The third kappa shape index (κ3) is 2.43. The minimum absolute atomic E-state index is 0.220. The van der Waals surface area contributed by atoms with Crippen LogP contribution in [0, 0.1) is 0 Å². The van der Waals surface area contributed by atoms with Crippen molar-refractivity contribution in [1.82, 2.24) is 0 Å². The van der Waals surface area contributed by atoms with E-state index in [1.165, 1.54) is 25.0 Å². The van der Waals surface area contributed by atoms with Crippen LogP contribution in [0.2, 0.25) is 0 Å². The number of hydrogen-bond acceptors (Lipinski definition) is 4. The normalized spacial score (nSPS) is 33.9. The molecule has 2 aliphatic rings. The number of carbonyl (C=O) groups is 1. The Bertz CT molecular complexity index is 303. The minimum atomic E-state index is -0.253. The Morgan fingerprint density at radius 2 is 2.25 bits per heavy atom. The van der Waals surface area contributed by atoms with Gasteiger partial charge >= 0.3 is 5.97 Å². The minimum Gasteiger partial charge on any atom is -0.443 e. The van der Waals surface area contributed by atoms with Crippen LogP contribution in [-0.4, -0.2) is 27.7 Å². The molecule has 0 aromatic heterocycles. The summed E-state index contributed by atoms with van der Waals surface area (Å²) in [6.07, 6.45) is 4.59. The van der Waals surface area contributed by atoms with Crippen molar-refractivity contribution in [2.45, 2.75) is 42.8 Å². The molecule has 0 aromatic rings. The molecule has 0 radical (unpaired) electrons. The Labute approximate surface area is 106 Å². The van der Waals surface area contributed by atoms with Crippen molar-refractivity contribution in [1.29, 1.82) is 0 Å². The lowest BCUT2D eigenvalue weighted by Gasteiger charge is -2.32. The van der Waals surface area contributed by atoms with Crippen LogP contribution >= 0.6 is 23.5 Å². The predicted molar refractivity (Wildman–Crippen MR) is 70.8 cm³/mol. The van der Waals surface area contributed by atoms with Gasteiger partial charge in [0.05, 0.1) is 5.25 Å². The number of esters is 1. The van der Waals surface area contributed by atoms with Crippen molar-refractivity contribution in [2.75, 3.05) is 11.5 Å². The molecule has 0 aromatic carbocycles. The van der Waals surface area contributed by atoms with Gasteiger partial charge in [0.25, 0.3) is 0 Å². The average Bonchev–Trinajstić information content (AvgIpc) is 2.52. The maximum absolute atomic E-state index is 11.7. The molecular weight excluding hydrogens is 240 g/mol. The van der Waals surface area contributed by atoms with Gasteiger partial charge in [-0.25, -0.2) is 4.79 Å². The van der Waals surface area contributed by atoms with Crippen LogP contribution in [0.1, 0.15) is 32.6 Å². The zero-order chi connectivity index (χ0) is 11.6. The molecule has 0 bridgehead atoms. The van der Waals surface area contributed by atoms with Gasteiger partial charge in [0, 0.05) is 5.57 Å². The summed E-state index contributed by atoms with van der Waals surface area (Å²) in [6.45, 7) is 5.38. The van der Waals surface area contributed by atoms with E-state index in [4.69, 9.17) is 4.74 Å². The van der Waals surface area contributed by atoms with Crippen molar-refractivity contribution in [3.63, 3.8) is 0 Å². The van der Waals surface area contributed by atoms with Gasteiger partial charge in [0.1, 0.15) is 0 Å². The van der Waals surface area contributed by atoms with Crippen LogP contribution in [0.4, 0.5) is 0 Å². The molecule has 1 heterocycles. The highest BCUT2D eigenvalue weighted by Gasteiger charge is 2.48. The van der Waals surface area contributed by atoms with E-state index >= 15 is 0 Å². The molecule has 1 aliphatic carbocycles. The fraction of sp³-hybridized carbons (Fsp3) is 0.750. The van der Waals surface area contributed by atoms with E-state index in [1.54, 1.807) is 6.92 Å². The van der Waals surface area contributed by atoms with Crippen molar-refractivity contribution >= 4 is 29.5 Å². The maximum Gasteiger partial charge on any atom is 0.334 e. The van der Waals surface area contributed by atoms with Gasteiger partial charge in [-0.1, -0.05) is 6.58 Å². The van der Waals surface area contributed by atoms with E-state index in [-0.39, 0.29) is 10.9 Å². The van der Waals surface area contributed by atoms with Crippen LogP contribution in [0.5, 0.6) is 0 Å². The molecule has 2 unspecified atom stereocenters. The van der Waals surface area contributed by atoms with Gasteiger partial charge in [-0.15, -0.1) is 11.8 Å². The van der Waals surface area contributed by atoms with Crippen LogP contribution in [0.3, 0.4) is 0 Å². The van der Waals surface area contributed by atoms with Crippen molar-refractivity contribution in [2.24, 2.45) is 0 Å². The zero-order valence-corrected chi connectivity index (χ0v) is 11.3. The second kappa shape index (κ2) is 5.05. The fourth-order valence-electron chi connectivity index (χ4n) is 2.21. The van der Waals surface area contributed by atoms with Gasteiger partial charge in [0.2, 0.25) is 0 Å². The standard InChI is InChI=1S/C12H18O2S2/c1-9(2)11(13)14-12-6-3-5-10(12)15-7-4-8-16-12/h10H,1,3-8H2,2H3. The van der Waals surface area contributed by atoms with Crippen molar-refractivity contribution in [3.8, 4) is 0 Å². The van der Waals surface area contributed by atoms with Crippen molar-refractivity contribution < 1.29 is 9.53 Å². The summed E-state index contributed by atoms with van der Waals surface area (Å²) in [5, 5.41) is 0.489. The van der Waals surface area contributed by atoms with E-state index in [2.05, 4.69) is 6.58 Å². The SMILES string of the molecule is C=C(C)C(=O)OC12CCCC1SCCCS2. The summed E-state index contributed by atoms with van der Waals surface area (Å²) < 4.78 is 5.75. The molecule has 0 amide bonds. The van der Waals surface area contributed by atoms with Crippen LogP contribution < -0.4 is 0 Å². The van der Waals surface area contributed by atoms with E-state index in [9.17, 15) is 4.79 Å². The van der Waals surface area contributed by atoms with Crippen LogP contribution in [0.15, 0.2) is 12.2 Å². The van der Waals surface area contributed by atoms with Crippen LogP contribution in [0.25, 0.3) is 0 Å². The Balaban J connectivity index is 2.12. The average molecular weight is 258 g/mol. The number of rotatable bonds is 2.